The number of H-pyrrole nitrogens is 1. The van der Waals surface area contributed by atoms with Crippen LogP contribution in [0.3, 0.4) is 0 Å². The highest BCUT2D eigenvalue weighted by molar-refractivity contribution is 5.02. The molecule has 6 nitrogen and oxygen atoms in total. The maximum Gasteiger partial charge on any atom is 0.141 e. The molecular weight excluding hydrogens is 204 g/mol. The van der Waals surface area contributed by atoms with Crippen LogP contribution in [-0.2, 0) is 13.5 Å². The molecule has 0 aliphatic rings. The predicted octanol–water partition coefficient (Wildman–Crippen LogP) is 0.431. The van der Waals surface area contributed by atoms with Gasteiger partial charge in [-0.05, 0) is 26.0 Å². The van der Waals surface area contributed by atoms with E-state index in [1.807, 2.05) is 31.0 Å². The molecule has 0 aliphatic carbocycles. The van der Waals surface area contributed by atoms with Gasteiger partial charge in [0.15, 0.2) is 0 Å². The number of nitrogens with zero attached hydrogens (tertiary/aromatic N) is 4. The van der Waals surface area contributed by atoms with E-state index in [1.54, 1.807) is 0 Å². The van der Waals surface area contributed by atoms with E-state index in [4.69, 9.17) is 0 Å². The molecule has 0 fully saturated rings. The van der Waals surface area contributed by atoms with Gasteiger partial charge in [0.1, 0.15) is 12.2 Å². The lowest BCUT2D eigenvalue weighted by Gasteiger charge is -2.12. The second-order valence-corrected chi connectivity index (χ2v) is 3.70. The summed E-state index contributed by atoms with van der Waals surface area (Å²) >= 11 is 0. The summed E-state index contributed by atoms with van der Waals surface area (Å²) in [4.78, 5) is 4.16. The molecule has 0 spiro atoms. The Hall–Kier alpha value is -1.69. The summed E-state index contributed by atoms with van der Waals surface area (Å²) in [6, 6.07) is 2.24. The van der Waals surface area contributed by atoms with Gasteiger partial charge in [-0.1, -0.05) is 0 Å². The summed E-state index contributed by atoms with van der Waals surface area (Å²) < 4.78 is 1.90. The van der Waals surface area contributed by atoms with E-state index >= 15 is 0 Å². The smallest absolute Gasteiger partial charge is 0.141 e. The zero-order chi connectivity index (χ0) is 11.4. The Balaban J connectivity index is 1.96. The van der Waals surface area contributed by atoms with Crippen molar-refractivity contribution in [2.24, 2.45) is 7.05 Å². The van der Waals surface area contributed by atoms with Crippen LogP contribution in [-0.4, -0.2) is 32.0 Å². The molecule has 16 heavy (non-hydrogen) atoms. The van der Waals surface area contributed by atoms with Crippen molar-refractivity contribution >= 4 is 0 Å². The third kappa shape index (κ3) is 2.27. The van der Waals surface area contributed by atoms with Crippen LogP contribution < -0.4 is 5.32 Å². The Morgan fingerprint density at radius 2 is 2.44 bits per heavy atom. The summed E-state index contributed by atoms with van der Waals surface area (Å²) in [7, 11) is 3.88. The predicted molar refractivity (Wildman–Crippen MR) is 59.7 cm³/mol. The fraction of sp³-hybridized carbons (Fsp3) is 0.500. The maximum absolute atomic E-state index is 4.16. The molecule has 2 aromatic heterocycles. The first-order chi connectivity index (χ1) is 7.81. The molecule has 86 valence electrons. The van der Waals surface area contributed by atoms with Crippen LogP contribution in [0.5, 0.6) is 0 Å². The van der Waals surface area contributed by atoms with Crippen molar-refractivity contribution in [1.82, 2.24) is 30.3 Å². The van der Waals surface area contributed by atoms with Crippen molar-refractivity contribution < 1.29 is 0 Å². The summed E-state index contributed by atoms with van der Waals surface area (Å²) in [6.07, 6.45) is 5.27. The monoisotopic (exact) mass is 220 g/mol. The summed E-state index contributed by atoms with van der Waals surface area (Å²) in [5.41, 5.74) is 1.22. The van der Waals surface area contributed by atoms with Crippen LogP contribution in [0, 0.1) is 0 Å². The Labute approximate surface area is 94.1 Å². The fourth-order valence-electron chi connectivity index (χ4n) is 1.74. The van der Waals surface area contributed by atoms with Gasteiger partial charge in [0.05, 0.1) is 6.04 Å². The molecule has 2 aromatic rings. The van der Waals surface area contributed by atoms with E-state index in [-0.39, 0.29) is 6.04 Å². The van der Waals surface area contributed by atoms with Crippen molar-refractivity contribution in [3.05, 3.63) is 30.1 Å². The fourth-order valence-corrected chi connectivity index (χ4v) is 1.74. The average Bonchev–Trinajstić information content (AvgIpc) is 2.92. The zero-order valence-electron chi connectivity index (χ0n) is 9.51. The third-order valence-electron chi connectivity index (χ3n) is 2.72. The molecule has 0 aromatic carbocycles. The largest absolute Gasteiger partial charge is 0.310 e. The van der Waals surface area contributed by atoms with Gasteiger partial charge in [-0.25, -0.2) is 4.98 Å². The first kappa shape index (κ1) is 10.8. The van der Waals surface area contributed by atoms with Gasteiger partial charge in [-0.2, -0.15) is 10.2 Å². The summed E-state index contributed by atoms with van der Waals surface area (Å²) in [5, 5.41) is 14.1. The highest BCUT2D eigenvalue weighted by Crippen LogP contribution is 2.14. The SMILES string of the molecule is CNC(CCc1ccnn1C)c1ncn[nH]1. The minimum absolute atomic E-state index is 0.206. The Morgan fingerprint density at radius 1 is 1.56 bits per heavy atom. The highest BCUT2D eigenvalue weighted by atomic mass is 15.3. The van der Waals surface area contributed by atoms with E-state index < -0.39 is 0 Å². The molecule has 1 atom stereocenters. The molecule has 2 rings (SSSR count). The Bertz CT molecular complexity index is 418. The van der Waals surface area contributed by atoms with Crippen LogP contribution in [0.4, 0.5) is 0 Å². The molecule has 0 amide bonds. The zero-order valence-corrected chi connectivity index (χ0v) is 9.51. The molecule has 0 bridgehead atoms. The van der Waals surface area contributed by atoms with Crippen LogP contribution in [0.1, 0.15) is 24.0 Å². The quantitative estimate of drug-likeness (QED) is 0.766. The van der Waals surface area contributed by atoms with Gasteiger partial charge in [0.2, 0.25) is 0 Å². The standard InChI is InChI=1S/C10H16N6/c1-11-9(10-12-7-13-15-10)4-3-8-5-6-14-16(8)2/h5-7,9,11H,3-4H2,1-2H3,(H,12,13,15). The second-order valence-electron chi connectivity index (χ2n) is 3.70. The van der Waals surface area contributed by atoms with E-state index in [9.17, 15) is 0 Å². The van der Waals surface area contributed by atoms with E-state index in [0.717, 1.165) is 18.7 Å². The number of aromatic nitrogens is 5. The first-order valence-electron chi connectivity index (χ1n) is 5.30. The number of rotatable bonds is 5. The average molecular weight is 220 g/mol. The molecular formula is C10H16N6. The lowest BCUT2D eigenvalue weighted by atomic mass is 10.1. The lowest BCUT2D eigenvalue weighted by molar-refractivity contribution is 0.512. The number of aryl methyl sites for hydroxylation is 2. The van der Waals surface area contributed by atoms with Crippen LogP contribution in [0.25, 0.3) is 0 Å². The summed E-state index contributed by atoms with van der Waals surface area (Å²) in [5.74, 6) is 0.879. The van der Waals surface area contributed by atoms with E-state index in [1.165, 1.54) is 12.0 Å². The van der Waals surface area contributed by atoms with Crippen LogP contribution >= 0.6 is 0 Å². The number of hydrogen-bond acceptors (Lipinski definition) is 4. The van der Waals surface area contributed by atoms with Gasteiger partial charge in [-0.15, -0.1) is 0 Å². The molecule has 6 heteroatoms. The van der Waals surface area contributed by atoms with Gasteiger partial charge in [0, 0.05) is 18.9 Å². The van der Waals surface area contributed by atoms with Crippen molar-refractivity contribution in [1.29, 1.82) is 0 Å². The number of aromatic amines is 1. The van der Waals surface area contributed by atoms with Crippen molar-refractivity contribution in [3.63, 3.8) is 0 Å². The number of hydrogen-bond donors (Lipinski definition) is 2. The topological polar surface area (TPSA) is 71.4 Å². The molecule has 0 radical (unpaired) electrons. The highest BCUT2D eigenvalue weighted by Gasteiger charge is 2.12. The minimum Gasteiger partial charge on any atom is -0.310 e. The third-order valence-corrected chi connectivity index (χ3v) is 2.72. The van der Waals surface area contributed by atoms with Gasteiger partial charge in [0.25, 0.3) is 0 Å². The molecule has 1 unspecified atom stereocenters. The van der Waals surface area contributed by atoms with Crippen molar-refractivity contribution in [2.75, 3.05) is 7.05 Å². The Morgan fingerprint density at radius 3 is 3.00 bits per heavy atom. The van der Waals surface area contributed by atoms with Crippen molar-refractivity contribution in [3.8, 4) is 0 Å². The van der Waals surface area contributed by atoms with E-state index in [0.29, 0.717) is 0 Å². The van der Waals surface area contributed by atoms with E-state index in [2.05, 4.69) is 25.6 Å². The summed E-state index contributed by atoms with van der Waals surface area (Å²) in [6.45, 7) is 0. The number of nitrogens with one attached hydrogen (secondary N) is 2. The molecule has 0 aliphatic heterocycles. The van der Waals surface area contributed by atoms with Crippen LogP contribution in [0.15, 0.2) is 18.6 Å². The van der Waals surface area contributed by atoms with Crippen molar-refractivity contribution in [2.45, 2.75) is 18.9 Å². The molecule has 2 heterocycles. The Kier molecular flexibility index (Phi) is 3.31. The van der Waals surface area contributed by atoms with Gasteiger partial charge < -0.3 is 5.32 Å². The van der Waals surface area contributed by atoms with Gasteiger partial charge >= 0.3 is 0 Å². The molecule has 0 saturated carbocycles. The van der Waals surface area contributed by atoms with Crippen LogP contribution in [0.2, 0.25) is 0 Å². The lowest BCUT2D eigenvalue weighted by Crippen LogP contribution is -2.19. The first-order valence-corrected chi connectivity index (χ1v) is 5.30. The minimum atomic E-state index is 0.206. The maximum atomic E-state index is 4.16. The second kappa shape index (κ2) is 4.89. The van der Waals surface area contributed by atoms with Gasteiger partial charge in [-0.3, -0.25) is 9.78 Å². The molecule has 2 N–H and O–H groups in total. The normalized spacial score (nSPS) is 12.9. The molecule has 0 saturated heterocycles.